The zero-order valence-corrected chi connectivity index (χ0v) is 12.7. The Hall–Kier alpha value is -2.64. The third-order valence-electron chi connectivity index (χ3n) is 3.86. The smallest absolute Gasteiger partial charge is 0.406 e. The van der Waals surface area contributed by atoms with Crippen molar-refractivity contribution in [3.63, 3.8) is 0 Å². The van der Waals surface area contributed by atoms with Crippen molar-refractivity contribution >= 4 is 12.1 Å². The molecule has 0 heterocycles. The number of hydrogen-bond acceptors (Lipinski definition) is 2. The molecule has 2 aromatic carbocycles. The van der Waals surface area contributed by atoms with Gasteiger partial charge in [0.05, 0.1) is 0 Å². The summed E-state index contributed by atoms with van der Waals surface area (Å²) in [5.74, 6) is -2.44. The van der Waals surface area contributed by atoms with Gasteiger partial charge >= 0.3 is 6.36 Å². The minimum atomic E-state index is -4.88. The maximum Gasteiger partial charge on any atom is 0.573 e. The number of benzene rings is 2. The molecule has 1 N–H and O–H groups in total. The van der Waals surface area contributed by atoms with E-state index < -0.39 is 29.4 Å². The second kappa shape index (κ2) is 6.34. The maximum absolute atomic E-state index is 14.6. The minimum Gasteiger partial charge on any atom is -0.406 e. The Kier molecular flexibility index (Phi) is 4.36. The minimum absolute atomic E-state index is 0.0990. The van der Waals surface area contributed by atoms with Crippen molar-refractivity contribution in [1.29, 1.82) is 0 Å². The summed E-state index contributed by atoms with van der Waals surface area (Å²) < 4.78 is 69.5. The van der Waals surface area contributed by atoms with Crippen LogP contribution in [0.4, 0.5) is 27.6 Å². The van der Waals surface area contributed by atoms with Crippen molar-refractivity contribution in [2.75, 3.05) is 5.32 Å². The number of carbonyl (C=O) groups excluding carboxylic acids is 1. The van der Waals surface area contributed by atoms with Crippen molar-refractivity contribution in [1.82, 2.24) is 0 Å². The van der Waals surface area contributed by atoms with E-state index in [0.717, 1.165) is 37.1 Å². The summed E-state index contributed by atoms with van der Waals surface area (Å²) in [6.45, 7) is 0. The highest BCUT2D eigenvalue weighted by molar-refractivity contribution is 5.79. The molecule has 1 aliphatic carbocycles. The molecule has 0 bridgehead atoms. The second-order valence-electron chi connectivity index (χ2n) is 5.62. The largest absolute Gasteiger partial charge is 0.573 e. The van der Waals surface area contributed by atoms with Crippen molar-refractivity contribution in [3.05, 3.63) is 47.5 Å². The van der Waals surface area contributed by atoms with E-state index in [0.29, 0.717) is 5.56 Å². The molecule has 25 heavy (non-hydrogen) atoms. The molecule has 2 aromatic rings. The number of alkyl halides is 3. The molecule has 0 aromatic heterocycles. The molecular formula is C17H12F5NO2. The van der Waals surface area contributed by atoms with Gasteiger partial charge in [-0.25, -0.2) is 8.78 Å². The van der Waals surface area contributed by atoms with Crippen LogP contribution in [0.3, 0.4) is 0 Å². The Morgan fingerprint density at radius 2 is 1.80 bits per heavy atom. The molecule has 1 aliphatic rings. The zero-order valence-electron chi connectivity index (χ0n) is 12.7. The van der Waals surface area contributed by atoms with Gasteiger partial charge < -0.3 is 10.1 Å². The van der Waals surface area contributed by atoms with Gasteiger partial charge in [0.25, 0.3) is 0 Å². The van der Waals surface area contributed by atoms with Crippen LogP contribution in [-0.2, 0) is 4.79 Å². The fraction of sp³-hybridized carbons (Fsp3) is 0.235. The first-order valence-electron chi connectivity index (χ1n) is 7.38. The van der Waals surface area contributed by atoms with E-state index in [9.17, 15) is 26.7 Å². The summed E-state index contributed by atoms with van der Waals surface area (Å²) in [5.41, 5.74) is 0.0597. The summed E-state index contributed by atoms with van der Waals surface area (Å²) in [5, 5.41) is 1.93. The maximum atomic E-state index is 14.6. The van der Waals surface area contributed by atoms with Crippen LogP contribution in [0.5, 0.6) is 5.75 Å². The van der Waals surface area contributed by atoms with E-state index in [4.69, 9.17) is 0 Å². The summed E-state index contributed by atoms with van der Waals surface area (Å²) in [6, 6.07) is 5.75. The van der Waals surface area contributed by atoms with Gasteiger partial charge in [-0.15, -0.1) is 13.2 Å². The second-order valence-corrected chi connectivity index (χ2v) is 5.62. The monoisotopic (exact) mass is 357 g/mol. The predicted molar refractivity (Wildman–Crippen MR) is 80.1 cm³/mol. The average Bonchev–Trinajstić information content (AvgIpc) is 3.35. The third-order valence-corrected chi connectivity index (χ3v) is 3.86. The van der Waals surface area contributed by atoms with Crippen LogP contribution in [0.2, 0.25) is 0 Å². The van der Waals surface area contributed by atoms with Crippen LogP contribution in [0.25, 0.3) is 11.1 Å². The van der Waals surface area contributed by atoms with E-state index in [2.05, 4.69) is 4.74 Å². The summed E-state index contributed by atoms with van der Waals surface area (Å²) in [4.78, 5) is 10.5. The lowest BCUT2D eigenvalue weighted by Gasteiger charge is -2.15. The Bertz CT molecular complexity index is 815. The van der Waals surface area contributed by atoms with Gasteiger partial charge in [-0.1, -0.05) is 6.07 Å². The number of ether oxygens (including phenoxy) is 1. The van der Waals surface area contributed by atoms with Gasteiger partial charge in [0.1, 0.15) is 17.3 Å². The van der Waals surface area contributed by atoms with Crippen molar-refractivity contribution in [2.24, 2.45) is 0 Å². The summed E-state index contributed by atoms with van der Waals surface area (Å²) in [6.07, 6.45) is -3.11. The molecule has 3 rings (SSSR count). The van der Waals surface area contributed by atoms with E-state index in [1.165, 1.54) is 6.07 Å². The van der Waals surface area contributed by atoms with Crippen molar-refractivity contribution in [2.45, 2.75) is 25.1 Å². The average molecular weight is 357 g/mol. The van der Waals surface area contributed by atoms with Crippen LogP contribution < -0.4 is 10.1 Å². The Morgan fingerprint density at radius 1 is 1.08 bits per heavy atom. The number of amides is 1. The number of anilines is 1. The molecule has 3 nitrogen and oxygen atoms in total. The first-order valence-corrected chi connectivity index (χ1v) is 7.38. The van der Waals surface area contributed by atoms with Crippen LogP contribution >= 0.6 is 0 Å². The van der Waals surface area contributed by atoms with Gasteiger partial charge in [-0.2, -0.15) is 0 Å². The Labute approximate surface area is 139 Å². The van der Waals surface area contributed by atoms with Crippen LogP contribution in [-0.4, -0.2) is 12.8 Å². The highest BCUT2D eigenvalue weighted by Crippen LogP contribution is 2.46. The number of hydrogen-bond donors (Lipinski definition) is 1. The number of rotatable bonds is 5. The Morgan fingerprint density at radius 3 is 2.40 bits per heavy atom. The lowest BCUT2D eigenvalue weighted by molar-refractivity contribution is -0.274. The highest BCUT2D eigenvalue weighted by atomic mass is 19.4. The number of halogens is 5. The molecule has 0 spiro atoms. The fourth-order valence-corrected chi connectivity index (χ4v) is 2.67. The standard InChI is InChI=1S/C17H12F5NO2/c18-14-6-5-12(15(19)16(14)23-8-24)13-7-10(25-17(20,21)22)3-4-11(13)9-1-2-9/h3-9H,1-2H2,(H,23,24). The van der Waals surface area contributed by atoms with Crippen LogP contribution in [0.1, 0.15) is 24.3 Å². The zero-order chi connectivity index (χ0) is 18.2. The molecule has 8 heteroatoms. The van der Waals surface area contributed by atoms with Gasteiger partial charge in [0, 0.05) is 5.56 Å². The van der Waals surface area contributed by atoms with Gasteiger partial charge in [-0.3, -0.25) is 4.79 Å². The molecule has 0 saturated heterocycles. The van der Waals surface area contributed by atoms with E-state index in [-0.39, 0.29) is 23.5 Å². The van der Waals surface area contributed by atoms with E-state index >= 15 is 0 Å². The van der Waals surface area contributed by atoms with E-state index in [1.54, 1.807) is 0 Å². The topological polar surface area (TPSA) is 38.3 Å². The molecule has 0 aliphatic heterocycles. The third kappa shape index (κ3) is 3.72. The quantitative estimate of drug-likeness (QED) is 0.606. The lowest BCUT2D eigenvalue weighted by Crippen LogP contribution is -2.17. The van der Waals surface area contributed by atoms with Gasteiger partial charge in [0.2, 0.25) is 6.41 Å². The first kappa shape index (κ1) is 17.2. The molecule has 1 fully saturated rings. The molecule has 0 radical (unpaired) electrons. The molecule has 132 valence electrons. The summed E-state index contributed by atoms with van der Waals surface area (Å²) in [7, 11) is 0. The molecule has 0 unspecified atom stereocenters. The molecule has 1 amide bonds. The molecule has 1 saturated carbocycles. The molecular weight excluding hydrogens is 345 g/mol. The molecule has 0 atom stereocenters. The van der Waals surface area contributed by atoms with Gasteiger partial charge in [0.15, 0.2) is 5.82 Å². The Balaban J connectivity index is 2.13. The fourth-order valence-electron chi connectivity index (χ4n) is 2.67. The number of carbonyl (C=O) groups is 1. The van der Waals surface area contributed by atoms with Crippen molar-refractivity contribution < 1.29 is 31.5 Å². The predicted octanol–water partition coefficient (Wildman–Crippen LogP) is 4.98. The van der Waals surface area contributed by atoms with Crippen molar-refractivity contribution in [3.8, 4) is 16.9 Å². The van der Waals surface area contributed by atoms with Gasteiger partial charge in [-0.05, 0) is 54.2 Å². The highest BCUT2D eigenvalue weighted by Gasteiger charge is 2.33. The first-order chi connectivity index (χ1) is 11.8. The summed E-state index contributed by atoms with van der Waals surface area (Å²) >= 11 is 0. The lowest BCUT2D eigenvalue weighted by atomic mass is 9.95. The van der Waals surface area contributed by atoms with Crippen LogP contribution in [0, 0.1) is 11.6 Å². The number of nitrogens with one attached hydrogen (secondary N) is 1. The SMILES string of the molecule is O=CNc1c(F)ccc(-c2cc(OC(F)(F)F)ccc2C2CC2)c1F. The normalized spacial score (nSPS) is 14.3. The van der Waals surface area contributed by atoms with Crippen LogP contribution in [0.15, 0.2) is 30.3 Å². The van der Waals surface area contributed by atoms with E-state index in [1.807, 2.05) is 5.32 Å².